The molecule has 176 valence electrons. The molecule has 0 aromatic heterocycles. The Kier molecular flexibility index (Phi) is 16.4. The zero-order valence-electron chi connectivity index (χ0n) is 20.7. The highest BCUT2D eigenvalue weighted by atomic mass is 16.3. The number of aliphatic hydroxyl groups is 1. The van der Waals surface area contributed by atoms with E-state index in [1.54, 1.807) is 0 Å². The standard InChI is InChI=1S/C27H53N2O/c1-4-6-7-8-9-10-11-12-13-14-15-16-17-18-19-20-21-22-23-27-28-24-25-29(27,5-2)26(3)30/h14-15,26,30H,4-13,16-25H2,1-3H3/q+1/b15-14+. The van der Waals surface area contributed by atoms with Crippen molar-refractivity contribution in [3.05, 3.63) is 12.2 Å². The molecule has 0 radical (unpaired) electrons. The van der Waals surface area contributed by atoms with Crippen molar-refractivity contribution in [3.63, 3.8) is 0 Å². The van der Waals surface area contributed by atoms with E-state index in [9.17, 15) is 5.11 Å². The summed E-state index contributed by atoms with van der Waals surface area (Å²) in [7, 11) is 0. The molecule has 1 aliphatic rings. The summed E-state index contributed by atoms with van der Waals surface area (Å²) in [5.74, 6) is 1.24. The number of allylic oxidation sites excluding steroid dienone is 2. The molecule has 0 aromatic carbocycles. The van der Waals surface area contributed by atoms with Gasteiger partial charge in [0.05, 0.1) is 13.1 Å². The maximum atomic E-state index is 10.2. The molecule has 0 spiro atoms. The van der Waals surface area contributed by atoms with E-state index in [1.165, 1.54) is 109 Å². The van der Waals surface area contributed by atoms with E-state index < -0.39 is 0 Å². The third-order valence-electron chi connectivity index (χ3n) is 7.00. The lowest BCUT2D eigenvalue weighted by Gasteiger charge is -2.36. The van der Waals surface area contributed by atoms with Crippen molar-refractivity contribution < 1.29 is 9.59 Å². The Morgan fingerprint density at radius 2 is 1.30 bits per heavy atom. The zero-order chi connectivity index (χ0) is 21.9. The first-order valence-corrected chi connectivity index (χ1v) is 13.4. The van der Waals surface area contributed by atoms with Crippen LogP contribution in [0.15, 0.2) is 17.1 Å². The fourth-order valence-electron chi connectivity index (χ4n) is 4.82. The van der Waals surface area contributed by atoms with Gasteiger partial charge in [-0.05, 0) is 39.0 Å². The summed E-state index contributed by atoms with van der Waals surface area (Å²) < 4.78 is 0.714. The SMILES string of the molecule is CCCCCCCCCC/C=C/CCCCCCCCC1=NCC[N+]1(CC)C(C)O. The van der Waals surface area contributed by atoms with Crippen LogP contribution in [0.3, 0.4) is 0 Å². The highest BCUT2D eigenvalue weighted by molar-refractivity contribution is 5.76. The topological polar surface area (TPSA) is 32.6 Å². The minimum Gasteiger partial charge on any atom is -0.345 e. The van der Waals surface area contributed by atoms with Gasteiger partial charge in [0.1, 0.15) is 6.54 Å². The third kappa shape index (κ3) is 11.1. The summed E-state index contributed by atoms with van der Waals surface area (Å²) in [5.41, 5.74) is 0. The van der Waals surface area contributed by atoms with Crippen LogP contribution in [0.25, 0.3) is 0 Å². The maximum absolute atomic E-state index is 10.2. The minimum absolute atomic E-state index is 0.320. The lowest BCUT2D eigenvalue weighted by Crippen LogP contribution is -2.56. The Labute approximate surface area is 188 Å². The van der Waals surface area contributed by atoms with Crippen molar-refractivity contribution in [2.24, 2.45) is 4.99 Å². The van der Waals surface area contributed by atoms with E-state index in [1.807, 2.05) is 6.92 Å². The molecule has 0 amide bonds. The molecule has 3 heteroatoms. The molecule has 0 aromatic rings. The number of aliphatic imine (C=N–C) groups is 1. The van der Waals surface area contributed by atoms with Gasteiger partial charge in [0.15, 0.2) is 6.23 Å². The van der Waals surface area contributed by atoms with Crippen LogP contribution in [0.5, 0.6) is 0 Å². The van der Waals surface area contributed by atoms with E-state index >= 15 is 0 Å². The molecule has 0 fully saturated rings. The van der Waals surface area contributed by atoms with Crippen molar-refractivity contribution in [2.45, 2.75) is 136 Å². The van der Waals surface area contributed by atoms with Gasteiger partial charge in [-0.2, -0.15) is 0 Å². The molecule has 0 saturated heterocycles. The average Bonchev–Trinajstić information content (AvgIpc) is 3.17. The maximum Gasteiger partial charge on any atom is 0.200 e. The number of aliphatic hydroxyl groups excluding tert-OH is 1. The van der Waals surface area contributed by atoms with E-state index in [4.69, 9.17) is 4.99 Å². The number of likely N-dealkylation sites (N-methyl/N-ethyl adjacent to an activating group) is 1. The third-order valence-corrected chi connectivity index (χ3v) is 7.00. The van der Waals surface area contributed by atoms with Gasteiger partial charge in [-0.3, -0.25) is 4.48 Å². The van der Waals surface area contributed by atoms with E-state index in [0.717, 1.165) is 26.1 Å². The molecule has 2 atom stereocenters. The Balaban J connectivity index is 1.88. The largest absolute Gasteiger partial charge is 0.345 e. The molecule has 30 heavy (non-hydrogen) atoms. The van der Waals surface area contributed by atoms with Gasteiger partial charge in [0.25, 0.3) is 0 Å². The molecule has 1 N–H and O–H groups in total. The monoisotopic (exact) mass is 421 g/mol. The molecule has 1 aliphatic heterocycles. The molecule has 0 aliphatic carbocycles. The van der Waals surface area contributed by atoms with Crippen molar-refractivity contribution in [1.29, 1.82) is 0 Å². The van der Waals surface area contributed by atoms with Gasteiger partial charge in [-0.25, -0.2) is 4.99 Å². The Morgan fingerprint density at radius 3 is 1.80 bits per heavy atom. The number of amidine groups is 1. The number of hydrogen-bond acceptors (Lipinski definition) is 2. The van der Waals surface area contributed by atoms with Crippen LogP contribution in [-0.2, 0) is 0 Å². The first kappa shape index (κ1) is 27.4. The highest BCUT2D eigenvalue weighted by Gasteiger charge is 2.40. The van der Waals surface area contributed by atoms with Gasteiger partial charge in [0.2, 0.25) is 5.84 Å². The van der Waals surface area contributed by atoms with E-state index in [0.29, 0.717) is 4.48 Å². The molecule has 1 rings (SSSR count). The second-order valence-corrected chi connectivity index (χ2v) is 9.40. The van der Waals surface area contributed by atoms with Crippen LogP contribution in [0.2, 0.25) is 0 Å². The van der Waals surface area contributed by atoms with E-state index in [2.05, 4.69) is 26.0 Å². The molecule has 2 unspecified atom stereocenters. The first-order chi connectivity index (χ1) is 14.7. The number of nitrogens with zero attached hydrogens (tertiary/aromatic N) is 2. The predicted molar refractivity (Wildman–Crippen MR) is 133 cm³/mol. The Bertz CT molecular complexity index is 458. The van der Waals surface area contributed by atoms with Crippen LogP contribution in [0.1, 0.15) is 130 Å². The molecular weight excluding hydrogens is 368 g/mol. The van der Waals surface area contributed by atoms with Gasteiger partial charge in [0, 0.05) is 13.3 Å². The zero-order valence-corrected chi connectivity index (χ0v) is 20.7. The summed E-state index contributed by atoms with van der Waals surface area (Å²) in [4.78, 5) is 4.72. The van der Waals surface area contributed by atoms with Crippen LogP contribution in [0.4, 0.5) is 0 Å². The van der Waals surface area contributed by atoms with Crippen molar-refractivity contribution in [1.82, 2.24) is 0 Å². The van der Waals surface area contributed by atoms with Crippen LogP contribution >= 0.6 is 0 Å². The van der Waals surface area contributed by atoms with Crippen molar-refractivity contribution in [2.75, 3.05) is 19.6 Å². The summed E-state index contributed by atoms with van der Waals surface area (Å²) in [6, 6.07) is 0. The van der Waals surface area contributed by atoms with Crippen LogP contribution < -0.4 is 0 Å². The molecule has 1 heterocycles. The highest BCUT2D eigenvalue weighted by Crippen LogP contribution is 2.23. The summed E-state index contributed by atoms with van der Waals surface area (Å²) >= 11 is 0. The first-order valence-electron chi connectivity index (χ1n) is 13.4. The van der Waals surface area contributed by atoms with Gasteiger partial charge >= 0.3 is 0 Å². The normalized spacial score (nSPS) is 20.2. The Hall–Kier alpha value is -0.670. The second-order valence-electron chi connectivity index (χ2n) is 9.40. The summed E-state index contributed by atoms with van der Waals surface area (Å²) in [6.07, 6.45) is 27.4. The van der Waals surface area contributed by atoms with Gasteiger partial charge in [-0.1, -0.05) is 89.7 Å². The minimum atomic E-state index is -0.320. The van der Waals surface area contributed by atoms with Crippen molar-refractivity contribution >= 4 is 5.84 Å². The molecular formula is C27H53N2O+. The quantitative estimate of drug-likeness (QED) is 0.121. The van der Waals surface area contributed by atoms with Crippen molar-refractivity contribution in [3.8, 4) is 0 Å². The average molecular weight is 422 g/mol. The summed E-state index contributed by atoms with van der Waals surface area (Å²) in [5, 5.41) is 10.2. The smallest absolute Gasteiger partial charge is 0.200 e. The predicted octanol–water partition coefficient (Wildman–Crippen LogP) is 7.78. The lowest BCUT2D eigenvalue weighted by molar-refractivity contribution is -0.882. The second kappa shape index (κ2) is 18.0. The number of quaternary nitrogens is 1. The van der Waals surface area contributed by atoms with E-state index in [-0.39, 0.29) is 6.23 Å². The fourth-order valence-corrected chi connectivity index (χ4v) is 4.82. The van der Waals surface area contributed by atoms with Gasteiger partial charge < -0.3 is 5.11 Å². The molecule has 3 nitrogen and oxygen atoms in total. The number of rotatable bonds is 20. The van der Waals surface area contributed by atoms with Crippen LogP contribution in [0, 0.1) is 0 Å². The number of unbranched alkanes of at least 4 members (excludes halogenated alkanes) is 14. The van der Waals surface area contributed by atoms with Gasteiger partial charge in [-0.15, -0.1) is 0 Å². The number of hydrogen-bond donors (Lipinski definition) is 1. The Morgan fingerprint density at radius 1 is 0.800 bits per heavy atom. The molecule has 0 saturated carbocycles. The molecule has 0 bridgehead atoms. The fraction of sp³-hybridized carbons (Fsp3) is 0.889. The van der Waals surface area contributed by atoms with Crippen LogP contribution in [-0.4, -0.2) is 41.3 Å². The summed E-state index contributed by atoms with van der Waals surface area (Å²) in [6.45, 7) is 9.22. The lowest BCUT2D eigenvalue weighted by atomic mass is 10.1.